The number of carbonyl (C=O) groups is 3. The molecule has 0 aliphatic carbocycles. The first-order valence-electron chi connectivity index (χ1n) is 18.6. The molecular weight excluding hydrogens is 903 g/mol. The van der Waals surface area contributed by atoms with Crippen LogP contribution in [-0.4, -0.2) is 128 Å². The number of carbonyl (C=O) groups excluding carboxylic acids is 3. The molecule has 1 aliphatic rings. The highest BCUT2D eigenvalue weighted by Crippen LogP contribution is 2.61. The minimum atomic E-state index is -5.57. The van der Waals surface area contributed by atoms with Gasteiger partial charge in [-0.3, -0.25) is 32.5 Å². The third-order valence-electron chi connectivity index (χ3n) is 8.78. The summed E-state index contributed by atoms with van der Waals surface area (Å²) < 4.78 is 62.2. The second-order valence-corrected chi connectivity index (χ2v) is 20.3. The molecule has 3 unspecified atom stereocenters. The molecule has 8 atom stereocenters. The molecular formula is C31H53ClN7O17P3S. The molecule has 29 heteroatoms. The Morgan fingerprint density at radius 1 is 1.02 bits per heavy atom. The van der Waals surface area contributed by atoms with E-state index in [-0.39, 0.29) is 47.0 Å². The average Bonchev–Trinajstić information content (AvgIpc) is 3.72. The summed E-state index contributed by atoms with van der Waals surface area (Å²) in [6, 6.07) is 0. The van der Waals surface area contributed by atoms with E-state index in [0.29, 0.717) is 12.2 Å². The van der Waals surface area contributed by atoms with Gasteiger partial charge in [0.2, 0.25) is 11.8 Å². The number of nitrogen functional groups attached to an aromatic ring is 1. The van der Waals surface area contributed by atoms with Crippen LogP contribution in [0, 0.1) is 5.41 Å². The van der Waals surface area contributed by atoms with Crippen LogP contribution in [0.5, 0.6) is 0 Å². The maximum absolute atomic E-state index is 12.7. The highest BCUT2D eigenvalue weighted by Gasteiger charge is 2.50. The molecule has 2 amide bonds. The van der Waals surface area contributed by atoms with Crippen molar-refractivity contribution in [1.82, 2.24) is 30.2 Å². The topological polar surface area (TPSA) is 364 Å². The molecule has 2 aromatic heterocycles. The SMILES string of the molecule is CCCCC(Cl)CCCCC(=O)SCCNC(=O)CCNC(=O)[C@H](O)C(C)(C)COP(=O)(O)OP(=O)(O)OC[C@H]1O[C@@H](n2cnc3c(N)ncnc32)[C@H](O)[C@@H]1OP(=O)(O)O. The fourth-order valence-corrected chi connectivity index (χ4v) is 9.43. The second-order valence-electron chi connectivity index (χ2n) is 14.3. The molecule has 1 aliphatic heterocycles. The van der Waals surface area contributed by atoms with Crippen LogP contribution in [0.3, 0.4) is 0 Å². The van der Waals surface area contributed by atoms with Crippen molar-refractivity contribution in [2.24, 2.45) is 5.41 Å². The molecule has 0 aromatic carbocycles. The van der Waals surface area contributed by atoms with Crippen molar-refractivity contribution in [1.29, 1.82) is 0 Å². The third-order valence-corrected chi connectivity index (χ3v) is 13.3. The number of nitrogens with one attached hydrogen (secondary N) is 2. The Balaban J connectivity index is 1.41. The molecule has 3 heterocycles. The van der Waals surface area contributed by atoms with Gasteiger partial charge < -0.3 is 50.9 Å². The standard InChI is InChI=1S/C31H53ClN7O17P3S/c1-4-5-8-19(32)9-6-7-10-22(41)60-14-13-34-21(40)11-12-35-29(44)26(43)31(2,3)16-53-59(50,51)56-58(48,49)52-15-20-25(55-57(45,46)47)24(42)30(54-20)39-18-38-23-27(33)36-17-37-28(23)39/h17-20,24-26,30,42-43H,4-16H2,1-3H3,(H,34,40)(H,35,44)(H,48,49)(H,50,51)(H2,33,36,37)(H2,45,46,47)/t19?,20-,24-,25-,26+,30-/m1/s1. The lowest BCUT2D eigenvalue weighted by Crippen LogP contribution is -2.46. The van der Waals surface area contributed by atoms with Crippen molar-refractivity contribution < 1.29 is 80.5 Å². The van der Waals surface area contributed by atoms with Crippen molar-refractivity contribution in [2.45, 2.75) is 108 Å². The molecule has 24 nitrogen and oxygen atoms in total. The van der Waals surface area contributed by atoms with Gasteiger partial charge in [0.25, 0.3) is 0 Å². The van der Waals surface area contributed by atoms with Crippen molar-refractivity contribution in [3.05, 3.63) is 12.7 Å². The number of aliphatic hydroxyl groups excluding tert-OH is 2. The number of nitrogens with two attached hydrogens (primary N) is 1. The lowest BCUT2D eigenvalue weighted by atomic mass is 9.87. The number of hydrogen-bond acceptors (Lipinski definition) is 18. The van der Waals surface area contributed by atoms with Gasteiger partial charge in [0, 0.05) is 42.5 Å². The zero-order valence-corrected chi connectivity index (χ0v) is 37.2. The Bertz CT molecular complexity index is 1890. The predicted molar refractivity (Wildman–Crippen MR) is 215 cm³/mol. The van der Waals surface area contributed by atoms with Gasteiger partial charge in [0.1, 0.15) is 36.3 Å². The van der Waals surface area contributed by atoms with Gasteiger partial charge in [0.05, 0.1) is 19.5 Å². The second kappa shape index (κ2) is 23.5. The number of rotatable bonds is 27. The summed E-state index contributed by atoms with van der Waals surface area (Å²) in [7, 11) is -16.4. The van der Waals surface area contributed by atoms with Gasteiger partial charge in [-0.25, -0.2) is 28.6 Å². The Morgan fingerprint density at radius 2 is 1.70 bits per heavy atom. The van der Waals surface area contributed by atoms with Gasteiger partial charge in [-0.2, -0.15) is 4.31 Å². The maximum Gasteiger partial charge on any atom is 0.481 e. The Labute approximate surface area is 354 Å². The molecule has 0 spiro atoms. The zero-order chi connectivity index (χ0) is 44.9. The number of phosphoric acid groups is 3. The van der Waals surface area contributed by atoms with Crippen LogP contribution in [0.4, 0.5) is 5.82 Å². The number of amides is 2. The van der Waals surface area contributed by atoms with Crippen LogP contribution in [-0.2, 0) is 50.7 Å². The van der Waals surface area contributed by atoms with E-state index in [1.807, 2.05) is 0 Å². The van der Waals surface area contributed by atoms with Crippen LogP contribution >= 0.6 is 46.8 Å². The van der Waals surface area contributed by atoms with Crippen molar-refractivity contribution in [2.75, 3.05) is 37.8 Å². The summed E-state index contributed by atoms with van der Waals surface area (Å²) in [4.78, 5) is 87.9. The van der Waals surface area contributed by atoms with E-state index in [2.05, 4.69) is 41.3 Å². The Hall–Kier alpha value is -2.15. The summed E-state index contributed by atoms with van der Waals surface area (Å²) >= 11 is 7.37. The van der Waals surface area contributed by atoms with Crippen LogP contribution in [0.15, 0.2) is 12.7 Å². The van der Waals surface area contributed by atoms with E-state index in [9.17, 15) is 57.9 Å². The van der Waals surface area contributed by atoms with Crippen molar-refractivity contribution >= 4 is 80.7 Å². The number of nitrogens with zero attached hydrogens (tertiary/aromatic N) is 4. The smallest absolute Gasteiger partial charge is 0.386 e. The first kappa shape index (κ1) is 52.2. The highest BCUT2D eigenvalue weighted by atomic mass is 35.5. The Morgan fingerprint density at radius 3 is 2.38 bits per heavy atom. The van der Waals surface area contributed by atoms with Crippen molar-refractivity contribution in [3.8, 4) is 0 Å². The number of imidazole rings is 1. The quantitative estimate of drug-likeness (QED) is 0.0351. The van der Waals surface area contributed by atoms with E-state index in [1.165, 1.54) is 13.8 Å². The lowest BCUT2D eigenvalue weighted by molar-refractivity contribution is -0.137. The summed E-state index contributed by atoms with van der Waals surface area (Å²) in [5.41, 5.74) is 4.27. The molecule has 0 radical (unpaired) electrons. The zero-order valence-electron chi connectivity index (χ0n) is 33.0. The van der Waals surface area contributed by atoms with Gasteiger partial charge in [-0.1, -0.05) is 51.8 Å². The molecule has 1 saturated heterocycles. The number of unbranched alkanes of at least 4 members (excludes halogenated alkanes) is 2. The molecule has 342 valence electrons. The fourth-order valence-electron chi connectivity index (χ4n) is 5.57. The van der Waals surface area contributed by atoms with E-state index in [4.69, 9.17) is 31.1 Å². The van der Waals surface area contributed by atoms with Crippen LogP contribution < -0.4 is 16.4 Å². The van der Waals surface area contributed by atoms with Gasteiger partial charge in [-0.15, -0.1) is 11.6 Å². The molecule has 1 fully saturated rings. The minimum absolute atomic E-state index is 0.0147. The molecule has 60 heavy (non-hydrogen) atoms. The van der Waals surface area contributed by atoms with Crippen LogP contribution in [0.25, 0.3) is 11.2 Å². The lowest BCUT2D eigenvalue weighted by Gasteiger charge is -2.30. The molecule has 0 saturated carbocycles. The summed E-state index contributed by atoms with van der Waals surface area (Å²) in [6.45, 7) is 2.62. The minimum Gasteiger partial charge on any atom is -0.386 e. The number of phosphoric ester groups is 3. The summed E-state index contributed by atoms with van der Waals surface area (Å²) in [5, 5.41) is 26.6. The number of aliphatic hydroxyl groups is 2. The third kappa shape index (κ3) is 17.2. The molecule has 2 aromatic rings. The van der Waals surface area contributed by atoms with Gasteiger partial charge in [0.15, 0.2) is 22.8 Å². The van der Waals surface area contributed by atoms with E-state index in [0.717, 1.165) is 67.5 Å². The number of fused-ring (bicyclic) bond motifs is 1. The normalized spacial score (nSPS) is 21.6. The summed E-state index contributed by atoms with van der Waals surface area (Å²) in [6.07, 6.45) is -0.904. The van der Waals surface area contributed by atoms with Gasteiger partial charge in [-0.05, 0) is 19.3 Å². The number of anilines is 1. The monoisotopic (exact) mass is 955 g/mol. The number of alkyl halides is 1. The van der Waals surface area contributed by atoms with E-state index < -0.39 is 84.6 Å². The molecule has 0 bridgehead atoms. The largest absolute Gasteiger partial charge is 0.481 e. The van der Waals surface area contributed by atoms with E-state index in [1.54, 1.807) is 0 Å². The number of aromatic nitrogens is 4. The molecule has 3 rings (SSSR count). The number of thioether (sulfide) groups is 1. The van der Waals surface area contributed by atoms with Crippen LogP contribution in [0.1, 0.15) is 78.4 Å². The fraction of sp³-hybridized carbons (Fsp3) is 0.742. The van der Waals surface area contributed by atoms with Crippen LogP contribution in [0.2, 0.25) is 0 Å². The Kier molecular flexibility index (Phi) is 20.5. The highest BCUT2D eigenvalue weighted by molar-refractivity contribution is 8.13. The first-order valence-corrected chi connectivity index (χ1v) is 24.6. The predicted octanol–water partition coefficient (Wildman–Crippen LogP) is 2.02. The van der Waals surface area contributed by atoms with Gasteiger partial charge >= 0.3 is 23.5 Å². The number of halogens is 1. The summed E-state index contributed by atoms with van der Waals surface area (Å²) in [5.74, 6) is -1.08. The first-order chi connectivity index (χ1) is 27.9. The number of ether oxygens (including phenoxy) is 1. The van der Waals surface area contributed by atoms with Crippen molar-refractivity contribution in [3.63, 3.8) is 0 Å². The number of hydrogen-bond donors (Lipinski definition) is 9. The van der Waals surface area contributed by atoms with E-state index >= 15 is 0 Å². The average molecular weight is 956 g/mol. The maximum atomic E-state index is 12.7. The molecule has 10 N–H and O–H groups in total.